The lowest BCUT2D eigenvalue weighted by atomic mass is 10.3. The third-order valence-electron chi connectivity index (χ3n) is 2.09. The van der Waals surface area contributed by atoms with Crippen molar-refractivity contribution in [2.45, 2.75) is 40.3 Å². The lowest BCUT2D eigenvalue weighted by Crippen LogP contribution is -2.52. The highest BCUT2D eigenvalue weighted by Crippen LogP contribution is 2.17. The van der Waals surface area contributed by atoms with Crippen molar-refractivity contribution in [1.29, 1.82) is 0 Å². The molecule has 0 aliphatic carbocycles. The summed E-state index contributed by atoms with van der Waals surface area (Å²) in [5.74, 6) is 0. The van der Waals surface area contributed by atoms with Crippen LogP contribution in [0.4, 0.5) is 18.0 Å². The molecule has 1 saturated heterocycles. The third-order valence-corrected chi connectivity index (χ3v) is 2.09. The Morgan fingerprint density at radius 3 is 1.74 bits per heavy atom. The van der Waals surface area contributed by atoms with E-state index in [1.54, 1.807) is 0 Å². The maximum Gasteiger partial charge on any atom is 0.401 e. The molecular formula is C12H26F3N3O. The van der Waals surface area contributed by atoms with E-state index >= 15 is 0 Å². The van der Waals surface area contributed by atoms with Gasteiger partial charge in [-0.2, -0.15) is 13.2 Å². The van der Waals surface area contributed by atoms with Crippen LogP contribution in [0.5, 0.6) is 0 Å². The van der Waals surface area contributed by atoms with E-state index in [4.69, 9.17) is 5.73 Å². The van der Waals surface area contributed by atoms with Crippen LogP contribution in [-0.2, 0) is 0 Å². The average molecular weight is 285 g/mol. The standard InChI is InChI=1S/C7H12F3N3O.C3H8.C2H6/c8-7(9,10)5-12-1-3-13(4-2-12)6(11)14;1-3-2;1-2/h1-5H2,(H2,11,14);3H2,1-2H3;1-2H3. The fraction of sp³-hybridized carbons (Fsp3) is 0.917. The van der Waals surface area contributed by atoms with E-state index in [0.29, 0.717) is 0 Å². The summed E-state index contributed by atoms with van der Waals surface area (Å²) in [5, 5.41) is 0. The number of alkyl halides is 3. The average Bonchev–Trinajstić information content (AvgIpc) is 2.31. The number of hydrogen-bond acceptors (Lipinski definition) is 2. The molecule has 1 heterocycles. The van der Waals surface area contributed by atoms with Crippen LogP contribution in [0, 0.1) is 0 Å². The van der Waals surface area contributed by atoms with Crippen molar-refractivity contribution in [1.82, 2.24) is 9.80 Å². The van der Waals surface area contributed by atoms with Gasteiger partial charge < -0.3 is 10.6 Å². The first-order valence-electron chi connectivity index (χ1n) is 6.63. The van der Waals surface area contributed by atoms with Gasteiger partial charge in [0.25, 0.3) is 0 Å². The van der Waals surface area contributed by atoms with Gasteiger partial charge in [0, 0.05) is 26.2 Å². The number of primary amides is 1. The fourth-order valence-corrected chi connectivity index (χ4v) is 1.38. The summed E-state index contributed by atoms with van der Waals surface area (Å²) in [6.45, 7) is 8.32. The van der Waals surface area contributed by atoms with Gasteiger partial charge >= 0.3 is 12.2 Å². The lowest BCUT2D eigenvalue weighted by Gasteiger charge is -2.33. The molecule has 0 saturated carbocycles. The summed E-state index contributed by atoms with van der Waals surface area (Å²) < 4.78 is 35.8. The van der Waals surface area contributed by atoms with Crippen LogP contribution >= 0.6 is 0 Å². The minimum absolute atomic E-state index is 0.225. The van der Waals surface area contributed by atoms with E-state index in [2.05, 4.69) is 13.8 Å². The van der Waals surface area contributed by atoms with Gasteiger partial charge in [-0.1, -0.05) is 34.1 Å². The zero-order chi connectivity index (χ0) is 15.5. The number of urea groups is 1. The zero-order valence-electron chi connectivity index (χ0n) is 12.3. The van der Waals surface area contributed by atoms with Crippen LogP contribution < -0.4 is 5.73 Å². The predicted octanol–water partition coefficient (Wildman–Crippen LogP) is 2.69. The maximum atomic E-state index is 11.9. The van der Waals surface area contributed by atoms with Crippen LogP contribution in [0.25, 0.3) is 0 Å². The second-order valence-corrected chi connectivity index (χ2v) is 3.92. The van der Waals surface area contributed by atoms with Crippen LogP contribution in [0.15, 0.2) is 0 Å². The molecule has 1 aliphatic rings. The molecule has 0 aromatic heterocycles. The van der Waals surface area contributed by atoms with Gasteiger partial charge in [0.1, 0.15) is 0 Å². The Balaban J connectivity index is 0. The van der Waals surface area contributed by atoms with Gasteiger partial charge in [-0.15, -0.1) is 0 Å². The Labute approximate surface area is 113 Å². The monoisotopic (exact) mass is 285 g/mol. The van der Waals surface area contributed by atoms with E-state index in [-0.39, 0.29) is 26.2 Å². The molecule has 0 bridgehead atoms. The fourth-order valence-electron chi connectivity index (χ4n) is 1.38. The highest BCUT2D eigenvalue weighted by molar-refractivity contribution is 5.72. The molecule has 2 amide bonds. The number of amides is 2. The minimum Gasteiger partial charge on any atom is -0.351 e. The number of carbonyl (C=O) groups is 1. The summed E-state index contributed by atoms with van der Waals surface area (Å²) in [7, 11) is 0. The van der Waals surface area contributed by atoms with Crippen molar-refractivity contribution < 1.29 is 18.0 Å². The SMILES string of the molecule is CC.CCC.NC(=O)N1CCN(CC(F)(F)F)CC1. The third kappa shape index (κ3) is 11.8. The van der Waals surface area contributed by atoms with E-state index in [1.165, 1.54) is 16.2 Å². The summed E-state index contributed by atoms with van der Waals surface area (Å²) in [4.78, 5) is 13.3. The summed E-state index contributed by atoms with van der Waals surface area (Å²) >= 11 is 0. The van der Waals surface area contributed by atoms with Gasteiger partial charge in [-0.25, -0.2) is 4.79 Å². The highest BCUT2D eigenvalue weighted by atomic mass is 19.4. The number of rotatable bonds is 1. The first kappa shape index (κ1) is 20.3. The van der Waals surface area contributed by atoms with Gasteiger partial charge in [0.15, 0.2) is 0 Å². The Morgan fingerprint density at radius 2 is 1.47 bits per heavy atom. The van der Waals surface area contributed by atoms with E-state index < -0.39 is 18.8 Å². The van der Waals surface area contributed by atoms with Crippen molar-refractivity contribution >= 4 is 6.03 Å². The second-order valence-electron chi connectivity index (χ2n) is 3.92. The van der Waals surface area contributed by atoms with Crippen molar-refractivity contribution in [3.8, 4) is 0 Å². The number of halogens is 3. The molecule has 4 nitrogen and oxygen atoms in total. The number of hydrogen-bond donors (Lipinski definition) is 1. The molecule has 1 aliphatic heterocycles. The Kier molecular flexibility index (Phi) is 11.7. The molecule has 0 aromatic rings. The van der Waals surface area contributed by atoms with E-state index in [9.17, 15) is 18.0 Å². The van der Waals surface area contributed by atoms with Gasteiger partial charge in [-0.05, 0) is 0 Å². The Hall–Kier alpha value is -0.980. The van der Waals surface area contributed by atoms with Crippen LogP contribution in [-0.4, -0.2) is 54.7 Å². The van der Waals surface area contributed by atoms with Crippen LogP contribution in [0.2, 0.25) is 0 Å². The van der Waals surface area contributed by atoms with E-state index in [0.717, 1.165) is 0 Å². The molecule has 0 unspecified atom stereocenters. The normalized spacial score (nSPS) is 15.8. The second kappa shape index (κ2) is 10.9. The van der Waals surface area contributed by atoms with Crippen LogP contribution in [0.3, 0.4) is 0 Å². The smallest absolute Gasteiger partial charge is 0.351 e. The highest BCUT2D eigenvalue weighted by Gasteiger charge is 2.32. The van der Waals surface area contributed by atoms with Crippen molar-refractivity contribution in [3.63, 3.8) is 0 Å². The number of nitrogens with zero attached hydrogens (tertiary/aromatic N) is 2. The molecule has 2 N–H and O–H groups in total. The lowest BCUT2D eigenvalue weighted by molar-refractivity contribution is -0.148. The molecule has 0 radical (unpaired) electrons. The number of piperazine rings is 1. The molecule has 7 heteroatoms. The maximum absolute atomic E-state index is 11.9. The molecule has 0 spiro atoms. The van der Waals surface area contributed by atoms with Gasteiger partial charge in [-0.3, -0.25) is 4.90 Å². The van der Waals surface area contributed by atoms with Gasteiger partial charge in [0.2, 0.25) is 0 Å². The minimum atomic E-state index is -4.17. The zero-order valence-corrected chi connectivity index (χ0v) is 12.3. The van der Waals surface area contributed by atoms with Crippen LogP contribution in [0.1, 0.15) is 34.1 Å². The topological polar surface area (TPSA) is 49.6 Å². The Morgan fingerprint density at radius 1 is 1.11 bits per heavy atom. The van der Waals surface area contributed by atoms with Gasteiger partial charge in [0.05, 0.1) is 6.54 Å². The number of nitrogens with two attached hydrogens (primary N) is 1. The molecule has 116 valence electrons. The van der Waals surface area contributed by atoms with Crippen molar-refractivity contribution in [3.05, 3.63) is 0 Å². The van der Waals surface area contributed by atoms with E-state index in [1.807, 2.05) is 13.8 Å². The summed E-state index contributed by atoms with van der Waals surface area (Å²) in [6.07, 6.45) is -2.92. The predicted molar refractivity (Wildman–Crippen MR) is 71.0 cm³/mol. The summed E-state index contributed by atoms with van der Waals surface area (Å²) in [6, 6.07) is -0.573. The molecule has 1 fully saturated rings. The molecule has 0 aromatic carbocycles. The molecule has 0 atom stereocenters. The Bertz CT molecular complexity index is 227. The first-order valence-corrected chi connectivity index (χ1v) is 6.63. The molecule has 19 heavy (non-hydrogen) atoms. The quantitative estimate of drug-likeness (QED) is 0.805. The molecular weight excluding hydrogens is 259 g/mol. The number of carbonyl (C=O) groups excluding carboxylic acids is 1. The largest absolute Gasteiger partial charge is 0.401 e. The van der Waals surface area contributed by atoms with Crippen molar-refractivity contribution in [2.75, 3.05) is 32.7 Å². The first-order chi connectivity index (χ1) is 8.80. The van der Waals surface area contributed by atoms with Crippen molar-refractivity contribution in [2.24, 2.45) is 5.73 Å². The molecule has 1 rings (SSSR count). The summed E-state index contributed by atoms with van der Waals surface area (Å²) in [5.41, 5.74) is 4.99.